The molecule has 3 heterocycles. The molecule has 6 rings (SSSR count). The second kappa shape index (κ2) is 11.1. The lowest BCUT2D eigenvalue weighted by atomic mass is 9.98. The highest BCUT2D eigenvalue weighted by atomic mass is 16.5. The Morgan fingerprint density at radius 1 is 0.861 bits per heavy atom. The van der Waals surface area contributed by atoms with Gasteiger partial charge in [0.2, 0.25) is 0 Å². The van der Waals surface area contributed by atoms with Gasteiger partial charge in [0.25, 0.3) is 0 Å². The summed E-state index contributed by atoms with van der Waals surface area (Å²) in [6.07, 6.45) is 11.5. The Morgan fingerprint density at radius 2 is 1.69 bits per heavy atom. The van der Waals surface area contributed by atoms with Crippen molar-refractivity contribution in [1.82, 2.24) is 19.7 Å². The third-order valence-electron chi connectivity index (χ3n) is 7.84. The van der Waals surface area contributed by atoms with Gasteiger partial charge in [-0.15, -0.1) is 0 Å². The van der Waals surface area contributed by atoms with E-state index in [1.54, 1.807) is 0 Å². The van der Waals surface area contributed by atoms with Gasteiger partial charge >= 0.3 is 0 Å². The van der Waals surface area contributed by atoms with Crippen LogP contribution in [0.5, 0.6) is 5.75 Å². The Kier molecular flexibility index (Phi) is 7.33. The average molecular weight is 487 g/mol. The predicted octanol–water partition coefficient (Wildman–Crippen LogP) is 6.10. The van der Waals surface area contributed by atoms with Crippen molar-refractivity contribution >= 4 is 0 Å². The molecular weight excluding hydrogens is 448 g/mol. The highest BCUT2D eigenvalue weighted by Gasteiger charge is 2.22. The minimum atomic E-state index is 0.197. The van der Waals surface area contributed by atoms with Crippen molar-refractivity contribution in [3.8, 4) is 28.5 Å². The van der Waals surface area contributed by atoms with Crippen LogP contribution in [0, 0.1) is 0 Å². The third kappa shape index (κ3) is 5.65. The van der Waals surface area contributed by atoms with Crippen LogP contribution in [0.3, 0.4) is 0 Å². The van der Waals surface area contributed by atoms with Crippen LogP contribution in [0.15, 0.2) is 48.5 Å². The molecule has 6 nitrogen and oxygen atoms in total. The molecule has 3 aliphatic rings. The van der Waals surface area contributed by atoms with Gasteiger partial charge in [-0.2, -0.15) is 5.10 Å². The van der Waals surface area contributed by atoms with Gasteiger partial charge in [-0.1, -0.05) is 42.8 Å². The first kappa shape index (κ1) is 23.7. The summed E-state index contributed by atoms with van der Waals surface area (Å²) >= 11 is 0. The molecule has 3 aromatic rings. The Morgan fingerprint density at radius 3 is 2.47 bits per heavy atom. The Balaban J connectivity index is 1.25. The zero-order chi connectivity index (χ0) is 24.2. The van der Waals surface area contributed by atoms with Crippen LogP contribution in [0.2, 0.25) is 0 Å². The number of nitrogens with zero attached hydrogens (tertiary/aromatic N) is 4. The molecule has 2 aromatic carbocycles. The lowest BCUT2D eigenvalue weighted by Crippen LogP contribution is -2.19. The first-order valence-corrected chi connectivity index (χ1v) is 14.0. The monoisotopic (exact) mass is 486 g/mol. The highest BCUT2D eigenvalue weighted by molar-refractivity contribution is 5.63. The van der Waals surface area contributed by atoms with Crippen LogP contribution in [0.25, 0.3) is 22.8 Å². The summed E-state index contributed by atoms with van der Waals surface area (Å²) in [6, 6.07) is 17.2. The number of hydrogen-bond acceptors (Lipinski definition) is 5. The van der Waals surface area contributed by atoms with Gasteiger partial charge in [0.05, 0.1) is 18.8 Å². The molecule has 1 aromatic heterocycles. The van der Waals surface area contributed by atoms with Crippen LogP contribution in [-0.4, -0.2) is 51.6 Å². The fraction of sp³-hybridized carbons (Fsp3) is 0.533. The SMILES string of the molecule is c1cc(OC2CCCCC2)cc(-c2nc(-c3ccc(CN4CCCC4)cc3)nn2CC2CCCO2)c1. The first-order chi connectivity index (χ1) is 17.8. The number of benzene rings is 2. The van der Waals surface area contributed by atoms with E-state index < -0.39 is 0 Å². The summed E-state index contributed by atoms with van der Waals surface area (Å²) in [5.41, 5.74) is 3.46. The van der Waals surface area contributed by atoms with Gasteiger partial charge in [0, 0.05) is 24.3 Å². The maximum atomic E-state index is 6.36. The molecule has 190 valence electrons. The van der Waals surface area contributed by atoms with E-state index in [9.17, 15) is 0 Å². The molecule has 1 atom stereocenters. The topological polar surface area (TPSA) is 52.4 Å². The van der Waals surface area contributed by atoms with Crippen molar-refractivity contribution in [2.75, 3.05) is 19.7 Å². The number of hydrogen-bond donors (Lipinski definition) is 0. The largest absolute Gasteiger partial charge is 0.490 e. The molecule has 1 unspecified atom stereocenters. The summed E-state index contributed by atoms with van der Waals surface area (Å²) in [7, 11) is 0. The molecule has 0 radical (unpaired) electrons. The molecule has 0 bridgehead atoms. The minimum Gasteiger partial charge on any atom is -0.490 e. The van der Waals surface area contributed by atoms with Crippen LogP contribution in [0.1, 0.15) is 63.4 Å². The maximum Gasteiger partial charge on any atom is 0.181 e. The first-order valence-electron chi connectivity index (χ1n) is 14.0. The van der Waals surface area contributed by atoms with Crippen LogP contribution in [-0.2, 0) is 17.8 Å². The lowest BCUT2D eigenvalue weighted by molar-refractivity contribution is 0.0944. The number of rotatable bonds is 8. The van der Waals surface area contributed by atoms with Gasteiger partial charge in [0.15, 0.2) is 11.6 Å². The summed E-state index contributed by atoms with van der Waals surface area (Å²) in [5.74, 6) is 2.59. The predicted molar refractivity (Wildman–Crippen MR) is 142 cm³/mol. The molecule has 6 heteroatoms. The van der Waals surface area contributed by atoms with Crippen molar-refractivity contribution in [1.29, 1.82) is 0 Å². The van der Waals surface area contributed by atoms with E-state index in [-0.39, 0.29) is 6.10 Å². The van der Waals surface area contributed by atoms with E-state index in [2.05, 4.69) is 53.4 Å². The fourth-order valence-corrected chi connectivity index (χ4v) is 5.83. The van der Waals surface area contributed by atoms with E-state index >= 15 is 0 Å². The second-order valence-corrected chi connectivity index (χ2v) is 10.7. The van der Waals surface area contributed by atoms with Crippen molar-refractivity contribution in [3.05, 3.63) is 54.1 Å². The minimum absolute atomic E-state index is 0.197. The molecule has 36 heavy (non-hydrogen) atoms. The molecular formula is C30H38N4O2. The van der Waals surface area contributed by atoms with Gasteiger partial charge in [-0.3, -0.25) is 4.90 Å². The lowest BCUT2D eigenvalue weighted by Gasteiger charge is -2.23. The van der Waals surface area contributed by atoms with E-state index in [1.807, 2.05) is 4.68 Å². The quantitative estimate of drug-likeness (QED) is 0.385. The molecule has 2 saturated heterocycles. The molecule has 1 aliphatic carbocycles. The van der Waals surface area contributed by atoms with Crippen molar-refractivity contribution in [3.63, 3.8) is 0 Å². The van der Waals surface area contributed by atoms with Crippen LogP contribution >= 0.6 is 0 Å². The van der Waals surface area contributed by atoms with Gasteiger partial charge in [-0.25, -0.2) is 9.67 Å². The van der Waals surface area contributed by atoms with Crippen LogP contribution in [0.4, 0.5) is 0 Å². The van der Waals surface area contributed by atoms with Gasteiger partial charge in [0.1, 0.15) is 5.75 Å². The molecule has 2 aliphatic heterocycles. The maximum absolute atomic E-state index is 6.36. The number of aromatic nitrogens is 3. The summed E-state index contributed by atoms with van der Waals surface area (Å²) in [6.45, 7) is 5.02. The fourth-order valence-electron chi connectivity index (χ4n) is 5.83. The zero-order valence-electron chi connectivity index (χ0n) is 21.3. The number of likely N-dealkylation sites (tertiary alicyclic amines) is 1. The van der Waals surface area contributed by atoms with Crippen LogP contribution < -0.4 is 4.74 Å². The molecule has 0 spiro atoms. The van der Waals surface area contributed by atoms with Crippen molar-refractivity contribution < 1.29 is 9.47 Å². The van der Waals surface area contributed by atoms with Crippen molar-refractivity contribution in [2.24, 2.45) is 0 Å². The average Bonchev–Trinajstić information content (AvgIpc) is 3.69. The normalized spacial score (nSPS) is 21.3. The van der Waals surface area contributed by atoms with Crippen molar-refractivity contribution in [2.45, 2.75) is 83.1 Å². The van der Waals surface area contributed by atoms with Gasteiger partial charge in [-0.05, 0) is 82.2 Å². The summed E-state index contributed by atoms with van der Waals surface area (Å²) in [5, 5.41) is 4.97. The van der Waals surface area contributed by atoms with Gasteiger partial charge < -0.3 is 9.47 Å². The molecule has 1 saturated carbocycles. The number of ether oxygens (including phenoxy) is 2. The Bertz CT molecular complexity index is 1120. The summed E-state index contributed by atoms with van der Waals surface area (Å²) < 4.78 is 14.4. The van der Waals surface area contributed by atoms with E-state index in [0.29, 0.717) is 6.10 Å². The Labute approximate surface area is 214 Å². The summed E-state index contributed by atoms with van der Waals surface area (Å²) in [4.78, 5) is 7.58. The molecule has 3 fully saturated rings. The Hall–Kier alpha value is -2.70. The zero-order valence-corrected chi connectivity index (χ0v) is 21.3. The van der Waals surface area contributed by atoms with E-state index in [1.165, 1.54) is 50.8 Å². The van der Waals surface area contributed by atoms with E-state index in [4.69, 9.17) is 19.6 Å². The highest BCUT2D eigenvalue weighted by Crippen LogP contribution is 2.29. The smallest absolute Gasteiger partial charge is 0.181 e. The molecule has 0 N–H and O–H groups in total. The molecule has 0 amide bonds. The second-order valence-electron chi connectivity index (χ2n) is 10.7. The van der Waals surface area contributed by atoms with E-state index in [0.717, 1.165) is 73.9 Å². The standard InChI is InChI=1S/C30H38N4O2/c1-2-9-26(10-3-1)36-27-11-6-8-25(20-27)30-31-29(32-34(30)22-28-12-7-19-35-28)24-15-13-23(14-16-24)21-33-17-4-5-18-33/h6,8,11,13-16,20,26,28H,1-5,7,9-10,12,17-19,21-22H2. The third-order valence-corrected chi connectivity index (χ3v) is 7.84.